The molecule has 0 radical (unpaired) electrons. The highest BCUT2D eigenvalue weighted by molar-refractivity contribution is 7.92. The number of anilines is 1. The molecule has 0 atom stereocenters. The fourth-order valence-electron chi connectivity index (χ4n) is 2.87. The number of hydrogen-bond donors (Lipinski definition) is 1. The van der Waals surface area contributed by atoms with Crippen LogP contribution in [0.5, 0.6) is 5.75 Å². The molecule has 158 valence electrons. The molecule has 0 spiro atoms. The lowest BCUT2D eigenvalue weighted by Gasteiger charge is -2.24. The summed E-state index contributed by atoms with van der Waals surface area (Å²) in [7, 11) is -3.63. The van der Waals surface area contributed by atoms with Crippen LogP contribution in [0.1, 0.15) is 24.5 Å². The SMILES string of the molecule is CCOc1ccc(CCCNC(=O)CN(c2cccc(Cl)c2C)S(C)(=O)=O)cc1. The first-order chi connectivity index (χ1) is 13.7. The van der Waals surface area contributed by atoms with E-state index in [4.69, 9.17) is 16.3 Å². The standard InChI is InChI=1S/C21H27ClN2O4S/c1-4-28-18-12-10-17(11-13-18)7-6-14-23-21(25)15-24(29(3,26)27)20-9-5-8-19(22)16(20)2/h5,8-13H,4,6-7,14-15H2,1-3H3,(H,23,25). The van der Waals surface area contributed by atoms with Crippen molar-refractivity contribution >= 4 is 33.2 Å². The molecule has 0 fully saturated rings. The van der Waals surface area contributed by atoms with Gasteiger partial charge in [0.15, 0.2) is 0 Å². The van der Waals surface area contributed by atoms with Gasteiger partial charge < -0.3 is 10.1 Å². The molecule has 1 N–H and O–H groups in total. The van der Waals surface area contributed by atoms with Gasteiger partial charge in [-0.05, 0) is 62.1 Å². The number of amides is 1. The highest BCUT2D eigenvalue weighted by Crippen LogP contribution is 2.27. The molecule has 1 amide bonds. The molecule has 8 heteroatoms. The normalized spacial score (nSPS) is 11.2. The van der Waals surface area contributed by atoms with E-state index in [1.807, 2.05) is 31.2 Å². The molecule has 0 bridgehead atoms. The van der Waals surface area contributed by atoms with Crippen LogP contribution in [0.2, 0.25) is 5.02 Å². The average molecular weight is 439 g/mol. The average Bonchev–Trinajstić information content (AvgIpc) is 2.66. The highest BCUT2D eigenvalue weighted by atomic mass is 35.5. The lowest BCUT2D eigenvalue weighted by molar-refractivity contribution is -0.119. The van der Waals surface area contributed by atoms with Crippen LogP contribution in [0.25, 0.3) is 0 Å². The lowest BCUT2D eigenvalue weighted by atomic mass is 10.1. The maximum absolute atomic E-state index is 12.3. The quantitative estimate of drug-likeness (QED) is 0.575. The third kappa shape index (κ3) is 6.94. The maximum Gasteiger partial charge on any atom is 0.240 e. The van der Waals surface area contributed by atoms with Crippen molar-refractivity contribution in [3.05, 3.63) is 58.6 Å². The number of halogens is 1. The summed E-state index contributed by atoms with van der Waals surface area (Å²) in [6.07, 6.45) is 2.62. The van der Waals surface area contributed by atoms with E-state index >= 15 is 0 Å². The van der Waals surface area contributed by atoms with Crippen molar-refractivity contribution in [2.75, 3.05) is 30.3 Å². The molecule has 2 aromatic rings. The third-order valence-electron chi connectivity index (χ3n) is 4.39. The molecular formula is C21H27ClN2O4S. The number of nitrogens with zero attached hydrogens (tertiary/aromatic N) is 1. The summed E-state index contributed by atoms with van der Waals surface area (Å²) in [5.74, 6) is 0.475. The predicted molar refractivity (Wildman–Crippen MR) is 117 cm³/mol. The van der Waals surface area contributed by atoms with Crippen LogP contribution in [0.15, 0.2) is 42.5 Å². The number of sulfonamides is 1. The largest absolute Gasteiger partial charge is 0.494 e. The van der Waals surface area contributed by atoms with Gasteiger partial charge in [-0.25, -0.2) is 8.42 Å². The van der Waals surface area contributed by atoms with E-state index in [1.54, 1.807) is 25.1 Å². The second-order valence-corrected chi connectivity index (χ2v) is 9.00. The fourth-order valence-corrected chi connectivity index (χ4v) is 3.95. The van der Waals surface area contributed by atoms with Crippen LogP contribution < -0.4 is 14.4 Å². The Hall–Kier alpha value is -2.25. The summed E-state index contributed by atoms with van der Waals surface area (Å²) in [5.41, 5.74) is 2.17. The van der Waals surface area contributed by atoms with Gasteiger partial charge in [0, 0.05) is 11.6 Å². The van der Waals surface area contributed by atoms with Crippen LogP contribution in [0.3, 0.4) is 0 Å². The summed E-state index contributed by atoms with van der Waals surface area (Å²) in [5, 5.41) is 3.24. The molecule has 2 rings (SSSR count). The minimum atomic E-state index is -3.63. The van der Waals surface area contributed by atoms with E-state index in [0.717, 1.165) is 34.7 Å². The number of nitrogens with one attached hydrogen (secondary N) is 1. The number of carbonyl (C=O) groups excluding carboxylic acids is 1. The van der Waals surface area contributed by atoms with Crippen molar-refractivity contribution in [2.24, 2.45) is 0 Å². The summed E-state index contributed by atoms with van der Waals surface area (Å²) in [4.78, 5) is 12.3. The maximum atomic E-state index is 12.3. The van der Waals surface area contributed by atoms with Crippen molar-refractivity contribution in [3.63, 3.8) is 0 Å². The Kier molecular flexibility index (Phi) is 8.34. The van der Waals surface area contributed by atoms with Gasteiger partial charge in [-0.2, -0.15) is 0 Å². The zero-order valence-corrected chi connectivity index (χ0v) is 18.5. The Balaban J connectivity index is 1.89. The minimum Gasteiger partial charge on any atom is -0.494 e. The van der Waals surface area contributed by atoms with E-state index < -0.39 is 10.0 Å². The van der Waals surface area contributed by atoms with Gasteiger partial charge in [0.2, 0.25) is 15.9 Å². The Morgan fingerprint density at radius 2 is 1.86 bits per heavy atom. The highest BCUT2D eigenvalue weighted by Gasteiger charge is 2.22. The first-order valence-electron chi connectivity index (χ1n) is 9.43. The molecule has 0 aliphatic rings. The molecule has 0 saturated heterocycles. The number of aryl methyl sites for hydroxylation is 1. The van der Waals surface area contributed by atoms with Gasteiger partial charge in [-0.1, -0.05) is 29.8 Å². The lowest BCUT2D eigenvalue weighted by Crippen LogP contribution is -2.41. The van der Waals surface area contributed by atoms with Crippen LogP contribution in [-0.2, 0) is 21.2 Å². The Bertz CT molecular complexity index is 930. The van der Waals surface area contributed by atoms with Gasteiger partial charge in [-0.3, -0.25) is 9.10 Å². The number of benzene rings is 2. The van der Waals surface area contributed by atoms with Gasteiger partial charge in [-0.15, -0.1) is 0 Å². The Morgan fingerprint density at radius 1 is 1.17 bits per heavy atom. The van der Waals surface area contributed by atoms with Crippen LogP contribution >= 0.6 is 11.6 Å². The minimum absolute atomic E-state index is 0.289. The predicted octanol–water partition coefficient (Wildman–Crippen LogP) is 3.56. The molecule has 6 nitrogen and oxygen atoms in total. The van der Waals surface area contributed by atoms with Crippen LogP contribution in [0.4, 0.5) is 5.69 Å². The van der Waals surface area contributed by atoms with Crippen molar-refractivity contribution in [2.45, 2.75) is 26.7 Å². The Morgan fingerprint density at radius 3 is 2.48 bits per heavy atom. The zero-order chi connectivity index (χ0) is 21.4. The van der Waals surface area contributed by atoms with E-state index in [0.29, 0.717) is 29.4 Å². The van der Waals surface area contributed by atoms with Crippen LogP contribution in [-0.4, -0.2) is 40.3 Å². The number of hydrogen-bond acceptors (Lipinski definition) is 4. The monoisotopic (exact) mass is 438 g/mol. The summed E-state index contributed by atoms with van der Waals surface area (Å²) in [6, 6.07) is 12.8. The molecule has 0 aliphatic heterocycles. The van der Waals surface area contributed by atoms with Crippen molar-refractivity contribution in [1.82, 2.24) is 5.32 Å². The topological polar surface area (TPSA) is 75.7 Å². The second-order valence-electron chi connectivity index (χ2n) is 6.68. The second kappa shape index (κ2) is 10.5. The molecule has 0 aromatic heterocycles. The fraction of sp³-hybridized carbons (Fsp3) is 0.381. The van der Waals surface area contributed by atoms with Gasteiger partial charge in [0.05, 0.1) is 18.6 Å². The first kappa shape index (κ1) is 23.0. The molecule has 0 saturated carbocycles. The molecular weight excluding hydrogens is 412 g/mol. The van der Waals surface area contributed by atoms with E-state index in [2.05, 4.69) is 5.32 Å². The number of ether oxygens (including phenoxy) is 1. The third-order valence-corrected chi connectivity index (χ3v) is 5.93. The van der Waals surface area contributed by atoms with Gasteiger partial charge in [0.1, 0.15) is 12.3 Å². The van der Waals surface area contributed by atoms with E-state index in [9.17, 15) is 13.2 Å². The van der Waals surface area contributed by atoms with Gasteiger partial charge >= 0.3 is 0 Å². The Labute approximate surface area is 177 Å². The first-order valence-corrected chi connectivity index (χ1v) is 11.7. The molecule has 0 heterocycles. The van der Waals surface area contributed by atoms with E-state index in [-0.39, 0.29) is 12.5 Å². The smallest absolute Gasteiger partial charge is 0.240 e. The summed E-state index contributed by atoms with van der Waals surface area (Å²) in [6.45, 7) is 4.46. The van der Waals surface area contributed by atoms with Crippen molar-refractivity contribution in [1.29, 1.82) is 0 Å². The molecule has 2 aromatic carbocycles. The number of rotatable bonds is 10. The summed E-state index contributed by atoms with van der Waals surface area (Å²) >= 11 is 6.10. The zero-order valence-electron chi connectivity index (χ0n) is 16.9. The molecule has 0 aliphatic carbocycles. The van der Waals surface area contributed by atoms with E-state index in [1.165, 1.54) is 0 Å². The number of carbonyl (C=O) groups is 1. The van der Waals surface area contributed by atoms with Crippen molar-refractivity contribution in [3.8, 4) is 5.75 Å². The van der Waals surface area contributed by atoms with Crippen molar-refractivity contribution < 1.29 is 17.9 Å². The van der Waals surface area contributed by atoms with Crippen LogP contribution in [0, 0.1) is 6.92 Å². The molecule has 0 unspecified atom stereocenters. The summed E-state index contributed by atoms with van der Waals surface area (Å²) < 4.78 is 30.9. The molecule has 29 heavy (non-hydrogen) atoms. The van der Waals surface area contributed by atoms with Gasteiger partial charge in [0.25, 0.3) is 0 Å².